The van der Waals surface area contributed by atoms with Crippen LogP contribution in [0.3, 0.4) is 0 Å². The molecule has 0 aromatic heterocycles. The third-order valence-corrected chi connectivity index (χ3v) is 7.17. The van der Waals surface area contributed by atoms with Crippen molar-refractivity contribution < 1.29 is 27.8 Å². The zero-order chi connectivity index (χ0) is 22.6. The zero-order valence-corrected chi connectivity index (χ0v) is 18.6. The van der Waals surface area contributed by atoms with Crippen molar-refractivity contribution in [1.29, 1.82) is 0 Å². The summed E-state index contributed by atoms with van der Waals surface area (Å²) in [5, 5.41) is 14.5. The fraction of sp³-hybridized carbons (Fsp3) is 0.478. The largest absolute Gasteiger partial charge is 0.493 e. The van der Waals surface area contributed by atoms with Crippen LogP contribution in [0.2, 0.25) is 0 Å². The van der Waals surface area contributed by atoms with Crippen LogP contribution >= 0.6 is 11.8 Å². The second-order valence-electron chi connectivity index (χ2n) is 7.70. The molecule has 0 saturated carbocycles. The van der Waals surface area contributed by atoms with Crippen molar-refractivity contribution in [2.45, 2.75) is 54.9 Å². The molecule has 0 amide bonds. The topological polar surface area (TPSA) is 50.7 Å². The molecule has 3 rings (SSSR count). The molecular formula is C23H28F3NO3S. The predicted molar refractivity (Wildman–Crippen MR) is 116 cm³/mol. The Kier molecular flexibility index (Phi) is 7.44. The van der Waals surface area contributed by atoms with Crippen LogP contribution in [0.5, 0.6) is 11.5 Å². The van der Waals surface area contributed by atoms with Gasteiger partial charge < -0.3 is 14.6 Å². The maximum Gasteiger partial charge on any atom is 0.389 e. The molecule has 0 spiro atoms. The van der Waals surface area contributed by atoms with Gasteiger partial charge in [0.1, 0.15) is 0 Å². The van der Waals surface area contributed by atoms with E-state index in [0.29, 0.717) is 23.7 Å². The van der Waals surface area contributed by atoms with Crippen LogP contribution in [0.4, 0.5) is 13.2 Å². The van der Waals surface area contributed by atoms with Crippen molar-refractivity contribution in [2.24, 2.45) is 0 Å². The van der Waals surface area contributed by atoms with Gasteiger partial charge in [-0.05, 0) is 36.1 Å². The third-order valence-electron chi connectivity index (χ3n) is 5.85. The van der Waals surface area contributed by atoms with Gasteiger partial charge in [0.25, 0.3) is 0 Å². The Hall–Kier alpha value is -1.90. The number of aliphatic hydroxyl groups excluding tert-OH is 1. The number of fused-ring (bicyclic) bond motifs is 1. The van der Waals surface area contributed by atoms with E-state index in [-0.39, 0.29) is 12.5 Å². The number of hydrogen-bond acceptors (Lipinski definition) is 5. The van der Waals surface area contributed by atoms with Crippen molar-refractivity contribution in [3.8, 4) is 11.5 Å². The first kappa shape index (κ1) is 23.8. The second-order valence-corrected chi connectivity index (χ2v) is 8.72. The lowest BCUT2D eigenvalue weighted by molar-refractivity contribution is -0.142. The van der Waals surface area contributed by atoms with E-state index in [1.165, 1.54) is 11.8 Å². The predicted octanol–water partition coefficient (Wildman–Crippen LogP) is 5.34. The molecular weight excluding hydrogens is 427 g/mol. The van der Waals surface area contributed by atoms with Gasteiger partial charge >= 0.3 is 6.18 Å². The van der Waals surface area contributed by atoms with Crippen LogP contribution in [0, 0.1) is 0 Å². The number of benzene rings is 2. The van der Waals surface area contributed by atoms with Gasteiger partial charge in [0, 0.05) is 17.1 Å². The van der Waals surface area contributed by atoms with Gasteiger partial charge in [0.15, 0.2) is 11.5 Å². The summed E-state index contributed by atoms with van der Waals surface area (Å²) in [6.45, 7) is 1.89. The molecule has 31 heavy (non-hydrogen) atoms. The quantitative estimate of drug-likeness (QED) is 0.590. The summed E-state index contributed by atoms with van der Waals surface area (Å²) in [6, 6.07) is 13.2. The number of thioether (sulfide) groups is 1. The highest BCUT2D eigenvalue weighted by Crippen LogP contribution is 2.45. The lowest BCUT2D eigenvalue weighted by Crippen LogP contribution is -2.57. The monoisotopic (exact) mass is 455 g/mol. The molecule has 0 radical (unpaired) electrons. The summed E-state index contributed by atoms with van der Waals surface area (Å²) in [7, 11) is 3.13. The minimum absolute atomic E-state index is 0.327. The Bertz CT molecular complexity index is 878. The summed E-state index contributed by atoms with van der Waals surface area (Å²) in [6.07, 6.45) is -6.36. The molecule has 2 aromatic carbocycles. The van der Waals surface area contributed by atoms with E-state index in [9.17, 15) is 18.3 Å². The van der Waals surface area contributed by atoms with E-state index in [4.69, 9.17) is 9.47 Å². The van der Waals surface area contributed by atoms with E-state index in [1.54, 1.807) is 14.2 Å². The number of nitrogens with one attached hydrogen (secondary N) is 1. The van der Waals surface area contributed by atoms with Crippen LogP contribution in [-0.4, -0.2) is 42.9 Å². The molecule has 8 heteroatoms. The van der Waals surface area contributed by atoms with Crippen molar-refractivity contribution >= 4 is 11.8 Å². The van der Waals surface area contributed by atoms with Gasteiger partial charge in [-0.25, -0.2) is 0 Å². The molecule has 0 fully saturated rings. The Morgan fingerprint density at radius 1 is 1.16 bits per heavy atom. The number of alkyl halides is 3. The Morgan fingerprint density at radius 2 is 1.81 bits per heavy atom. The van der Waals surface area contributed by atoms with Crippen LogP contribution in [0.1, 0.15) is 43.4 Å². The summed E-state index contributed by atoms with van der Waals surface area (Å²) in [5.74, 6) is 1.59. The van der Waals surface area contributed by atoms with Gasteiger partial charge in [0.05, 0.1) is 31.9 Å². The first-order valence-corrected chi connectivity index (χ1v) is 11.2. The fourth-order valence-corrected chi connectivity index (χ4v) is 5.38. The number of rotatable bonds is 7. The summed E-state index contributed by atoms with van der Waals surface area (Å²) >= 11 is 1.51. The normalized spacial score (nSPS) is 22.4. The SMILES string of the molecule is CC[C@]1([C@H](O)CCC(F)(F)F)CSc2cc(OC)c(OC)cc2[C@H](c2ccccc2)N1. The third kappa shape index (κ3) is 5.30. The van der Waals surface area contributed by atoms with Crippen LogP contribution in [0.15, 0.2) is 47.4 Å². The van der Waals surface area contributed by atoms with E-state index >= 15 is 0 Å². The minimum Gasteiger partial charge on any atom is -0.493 e. The molecule has 4 nitrogen and oxygen atoms in total. The molecule has 0 aliphatic carbocycles. The average molecular weight is 456 g/mol. The maximum atomic E-state index is 12.9. The van der Waals surface area contributed by atoms with Gasteiger partial charge in [0.2, 0.25) is 0 Å². The highest BCUT2D eigenvalue weighted by Gasteiger charge is 2.43. The Labute approximate surface area is 185 Å². The molecule has 0 saturated heterocycles. The van der Waals surface area contributed by atoms with E-state index in [1.807, 2.05) is 49.4 Å². The molecule has 1 heterocycles. The first-order chi connectivity index (χ1) is 14.7. The number of aliphatic hydroxyl groups is 1. The van der Waals surface area contributed by atoms with Crippen molar-refractivity contribution in [3.63, 3.8) is 0 Å². The average Bonchev–Trinajstić information content (AvgIpc) is 2.94. The summed E-state index contributed by atoms with van der Waals surface area (Å²) < 4.78 is 49.5. The van der Waals surface area contributed by atoms with Crippen LogP contribution in [-0.2, 0) is 0 Å². The maximum absolute atomic E-state index is 12.9. The first-order valence-electron chi connectivity index (χ1n) is 10.2. The number of methoxy groups -OCH3 is 2. The highest BCUT2D eigenvalue weighted by molar-refractivity contribution is 7.99. The standard InChI is InChI=1S/C23H28F3NO3S/c1-4-22(20(28)10-11-23(24,25)26)14-31-19-13-18(30-3)17(29-2)12-16(19)21(27-22)15-8-6-5-7-9-15/h5-9,12-13,20-21,27-28H,4,10-11,14H2,1-3H3/t20-,21+,22-/m1/s1. The van der Waals surface area contributed by atoms with E-state index in [2.05, 4.69) is 5.32 Å². The molecule has 3 atom stereocenters. The number of ether oxygens (including phenoxy) is 2. The second kappa shape index (κ2) is 9.71. The van der Waals surface area contributed by atoms with Gasteiger partial charge in [-0.1, -0.05) is 37.3 Å². The number of halogens is 3. The number of hydrogen-bond donors (Lipinski definition) is 2. The van der Waals surface area contributed by atoms with Gasteiger partial charge in [-0.3, -0.25) is 5.32 Å². The Morgan fingerprint density at radius 3 is 2.39 bits per heavy atom. The summed E-state index contributed by atoms with van der Waals surface area (Å²) in [5.41, 5.74) is 1.00. The van der Waals surface area contributed by atoms with E-state index < -0.39 is 24.2 Å². The molecule has 1 aliphatic rings. The van der Waals surface area contributed by atoms with Crippen molar-refractivity contribution in [2.75, 3.05) is 20.0 Å². The molecule has 1 aliphatic heterocycles. The van der Waals surface area contributed by atoms with E-state index in [0.717, 1.165) is 16.0 Å². The van der Waals surface area contributed by atoms with Crippen LogP contribution < -0.4 is 14.8 Å². The van der Waals surface area contributed by atoms with Gasteiger partial charge in [-0.15, -0.1) is 11.8 Å². The molecule has 2 aromatic rings. The molecule has 0 unspecified atom stereocenters. The van der Waals surface area contributed by atoms with Crippen molar-refractivity contribution in [3.05, 3.63) is 53.6 Å². The molecule has 170 valence electrons. The highest BCUT2D eigenvalue weighted by atomic mass is 32.2. The lowest BCUT2D eigenvalue weighted by Gasteiger charge is -2.40. The Balaban J connectivity index is 2.06. The summed E-state index contributed by atoms with van der Waals surface area (Å²) in [4.78, 5) is 0.942. The minimum atomic E-state index is -4.31. The van der Waals surface area contributed by atoms with Crippen LogP contribution in [0.25, 0.3) is 0 Å². The lowest BCUT2D eigenvalue weighted by atomic mass is 9.85. The fourth-order valence-electron chi connectivity index (χ4n) is 3.96. The molecule has 2 N–H and O–H groups in total. The molecule has 0 bridgehead atoms. The van der Waals surface area contributed by atoms with Crippen molar-refractivity contribution in [1.82, 2.24) is 5.32 Å². The smallest absolute Gasteiger partial charge is 0.389 e. The van der Waals surface area contributed by atoms with Gasteiger partial charge in [-0.2, -0.15) is 13.2 Å². The zero-order valence-electron chi connectivity index (χ0n) is 17.8.